The molecule has 1 fully saturated rings. The van der Waals surface area contributed by atoms with Gasteiger partial charge in [-0.2, -0.15) is 0 Å². The first-order valence-corrected chi connectivity index (χ1v) is 7.35. The van der Waals surface area contributed by atoms with Crippen molar-refractivity contribution in [3.05, 3.63) is 24.0 Å². The molecule has 5 unspecified atom stereocenters. The van der Waals surface area contributed by atoms with Gasteiger partial charge in [0.2, 0.25) is 5.91 Å². The number of aliphatic hydroxyl groups excluding tert-OH is 3. The highest BCUT2D eigenvalue weighted by Gasteiger charge is 2.47. The maximum absolute atomic E-state index is 12.3. The van der Waals surface area contributed by atoms with Gasteiger partial charge in [-0.15, -0.1) is 0 Å². The first-order valence-electron chi connectivity index (χ1n) is 7.35. The third-order valence-electron chi connectivity index (χ3n) is 3.69. The van der Waals surface area contributed by atoms with Crippen molar-refractivity contribution < 1.29 is 39.5 Å². The zero-order chi connectivity index (χ0) is 18.7. The van der Waals surface area contributed by atoms with Crippen molar-refractivity contribution in [2.45, 2.75) is 37.6 Å². The Morgan fingerprint density at radius 3 is 2.60 bits per heavy atom. The van der Waals surface area contributed by atoms with Gasteiger partial charge >= 0.3 is 5.97 Å². The molecule has 138 valence electrons. The highest BCUT2D eigenvalue weighted by molar-refractivity contribution is 5.96. The summed E-state index contributed by atoms with van der Waals surface area (Å²) in [6.07, 6.45) is -3.10. The lowest BCUT2D eigenvalue weighted by Crippen LogP contribution is -2.59. The Labute approximate surface area is 142 Å². The molecule has 0 saturated carbocycles. The fourth-order valence-corrected chi connectivity index (χ4v) is 2.52. The fourth-order valence-electron chi connectivity index (χ4n) is 2.52. The number of rotatable bonds is 5. The van der Waals surface area contributed by atoms with E-state index in [-0.39, 0.29) is 5.57 Å². The second kappa shape index (κ2) is 7.61. The molecule has 25 heavy (non-hydrogen) atoms. The summed E-state index contributed by atoms with van der Waals surface area (Å²) < 4.78 is 5.30. The quantitative estimate of drug-likeness (QED) is 0.277. The Bertz CT molecular complexity index is 619. The Balaban J connectivity index is 2.31. The van der Waals surface area contributed by atoms with E-state index < -0.39 is 55.1 Å². The summed E-state index contributed by atoms with van der Waals surface area (Å²) in [6.45, 7) is 0.664. The predicted molar refractivity (Wildman–Crippen MR) is 80.2 cm³/mol. The van der Waals surface area contributed by atoms with Crippen LogP contribution in [-0.2, 0) is 19.1 Å². The summed E-state index contributed by atoms with van der Waals surface area (Å²) in [5, 5.41) is 42.5. The number of aliphatic carboxylic acids is 1. The lowest BCUT2D eigenvalue weighted by atomic mass is 10.0. The first-order chi connectivity index (χ1) is 11.7. The lowest BCUT2D eigenvalue weighted by Gasteiger charge is -2.35. The van der Waals surface area contributed by atoms with E-state index in [1.54, 1.807) is 0 Å². The SMILES string of the molecule is CC(=O)NC1NC(=O)C(C2OC(CO)C(O)C2O)=CN1C=CC(=O)O. The minimum absolute atomic E-state index is 0.0980. The number of nitrogens with one attached hydrogen (secondary N) is 2. The van der Waals surface area contributed by atoms with Gasteiger partial charge in [-0.3, -0.25) is 9.59 Å². The average molecular weight is 357 g/mol. The third kappa shape index (κ3) is 4.14. The van der Waals surface area contributed by atoms with Gasteiger partial charge in [0.25, 0.3) is 5.91 Å². The van der Waals surface area contributed by atoms with Crippen LogP contribution in [0.2, 0.25) is 0 Å². The maximum Gasteiger partial charge on any atom is 0.329 e. The van der Waals surface area contributed by atoms with Crippen LogP contribution in [0.5, 0.6) is 0 Å². The molecule has 0 bridgehead atoms. The molecule has 6 N–H and O–H groups in total. The minimum atomic E-state index is -1.46. The predicted octanol–water partition coefficient (Wildman–Crippen LogP) is -3.20. The summed E-state index contributed by atoms with van der Waals surface area (Å²) in [5.74, 6) is -2.40. The Morgan fingerprint density at radius 1 is 1.40 bits per heavy atom. The van der Waals surface area contributed by atoms with E-state index in [9.17, 15) is 24.6 Å². The molecule has 2 aliphatic rings. The van der Waals surface area contributed by atoms with Gasteiger partial charge in [-0.25, -0.2) is 4.79 Å². The molecule has 0 aromatic carbocycles. The van der Waals surface area contributed by atoms with Crippen LogP contribution in [0, 0.1) is 0 Å². The van der Waals surface area contributed by atoms with Gasteiger partial charge < -0.3 is 40.7 Å². The van der Waals surface area contributed by atoms with Crippen molar-refractivity contribution in [3.63, 3.8) is 0 Å². The number of ether oxygens (including phenoxy) is 1. The summed E-state index contributed by atoms with van der Waals surface area (Å²) in [6, 6.07) is 0. The molecule has 2 amide bonds. The molecular formula is C14H19N3O8. The van der Waals surface area contributed by atoms with Crippen LogP contribution >= 0.6 is 0 Å². The van der Waals surface area contributed by atoms with Crippen molar-refractivity contribution in [3.8, 4) is 0 Å². The minimum Gasteiger partial charge on any atom is -0.478 e. The van der Waals surface area contributed by atoms with Crippen molar-refractivity contribution >= 4 is 17.8 Å². The number of amides is 2. The molecule has 2 heterocycles. The summed E-state index contributed by atoms with van der Waals surface area (Å²) >= 11 is 0. The normalized spacial score (nSPS) is 32.5. The second-order valence-electron chi connectivity index (χ2n) is 5.52. The molecule has 5 atom stereocenters. The molecule has 0 aromatic heterocycles. The summed E-state index contributed by atoms with van der Waals surface area (Å²) in [5.41, 5.74) is -0.0980. The van der Waals surface area contributed by atoms with E-state index in [1.165, 1.54) is 18.0 Å². The Morgan fingerprint density at radius 2 is 2.08 bits per heavy atom. The van der Waals surface area contributed by atoms with Crippen molar-refractivity contribution in [2.75, 3.05) is 6.61 Å². The Hall–Kier alpha value is -2.47. The van der Waals surface area contributed by atoms with Gasteiger partial charge in [-0.05, 0) is 0 Å². The highest BCUT2D eigenvalue weighted by Crippen LogP contribution is 2.28. The first kappa shape index (κ1) is 18.9. The lowest BCUT2D eigenvalue weighted by molar-refractivity contribution is -0.131. The number of hydrogen-bond acceptors (Lipinski definition) is 8. The fraction of sp³-hybridized carbons (Fsp3) is 0.500. The zero-order valence-electron chi connectivity index (χ0n) is 13.2. The van der Waals surface area contributed by atoms with Gasteiger partial charge in [0.15, 0.2) is 6.29 Å². The van der Waals surface area contributed by atoms with Crippen LogP contribution in [0.1, 0.15) is 6.92 Å². The standard InChI is InChI=1S/C14H19N3O8/c1-6(19)15-14-16-13(24)7(4-17(14)3-2-9(20)21)12-11(23)10(22)8(5-18)25-12/h2-4,8,10-12,14,18,22-23H,5H2,1H3,(H,15,19)(H,16,24)(H,20,21). The van der Waals surface area contributed by atoms with E-state index in [0.717, 1.165) is 12.3 Å². The number of aliphatic hydroxyl groups is 3. The van der Waals surface area contributed by atoms with Gasteiger partial charge in [-0.1, -0.05) is 0 Å². The van der Waals surface area contributed by atoms with Crippen LogP contribution in [0.4, 0.5) is 0 Å². The molecule has 11 heteroatoms. The zero-order valence-corrected chi connectivity index (χ0v) is 13.2. The average Bonchev–Trinajstić information content (AvgIpc) is 2.81. The molecule has 1 saturated heterocycles. The Kier molecular flexibility index (Phi) is 5.74. The monoisotopic (exact) mass is 357 g/mol. The number of carbonyl (C=O) groups is 3. The molecule has 0 aliphatic carbocycles. The summed E-state index contributed by atoms with van der Waals surface area (Å²) in [7, 11) is 0. The van der Waals surface area contributed by atoms with Crippen molar-refractivity contribution in [2.24, 2.45) is 0 Å². The number of carboxylic acids is 1. The number of carbonyl (C=O) groups excluding carboxylic acids is 2. The van der Waals surface area contributed by atoms with Crippen LogP contribution in [0.3, 0.4) is 0 Å². The molecule has 2 rings (SSSR count). The topological polar surface area (TPSA) is 169 Å². The van der Waals surface area contributed by atoms with E-state index in [1.807, 2.05) is 0 Å². The van der Waals surface area contributed by atoms with Crippen LogP contribution < -0.4 is 10.6 Å². The maximum atomic E-state index is 12.3. The highest BCUT2D eigenvalue weighted by atomic mass is 16.6. The van der Waals surface area contributed by atoms with E-state index in [0.29, 0.717) is 0 Å². The van der Waals surface area contributed by atoms with E-state index in [4.69, 9.17) is 14.9 Å². The molecule has 11 nitrogen and oxygen atoms in total. The van der Waals surface area contributed by atoms with Crippen molar-refractivity contribution in [1.82, 2.24) is 15.5 Å². The molecule has 2 aliphatic heterocycles. The molecule has 0 aromatic rings. The van der Waals surface area contributed by atoms with Crippen LogP contribution in [0.15, 0.2) is 24.0 Å². The smallest absolute Gasteiger partial charge is 0.329 e. The number of hydrogen-bond donors (Lipinski definition) is 6. The third-order valence-corrected chi connectivity index (χ3v) is 3.69. The number of carboxylic acid groups (broad SMARTS) is 1. The second-order valence-corrected chi connectivity index (χ2v) is 5.52. The largest absolute Gasteiger partial charge is 0.478 e. The van der Waals surface area contributed by atoms with E-state index in [2.05, 4.69) is 10.6 Å². The molecular weight excluding hydrogens is 338 g/mol. The van der Waals surface area contributed by atoms with Crippen LogP contribution in [-0.4, -0.2) is 80.4 Å². The number of nitrogens with zero attached hydrogens (tertiary/aromatic N) is 1. The van der Waals surface area contributed by atoms with E-state index >= 15 is 0 Å². The van der Waals surface area contributed by atoms with Crippen molar-refractivity contribution in [1.29, 1.82) is 0 Å². The van der Waals surface area contributed by atoms with Gasteiger partial charge in [0.05, 0.1) is 12.2 Å². The molecule has 0 radical (unpaired) electrons. The van der Waals surface area contributed by atoms with Gasteiger partial charge in [0.1, 0.15) is 24.4 Å². The summed E-state index contributed by atoms with van der Waals surface area (Å²) in [4.78, 5) is 35.4. The van der Waals surface area contributed by atoms with Crippen LogP contribution in [0.25, 0.3) is 0 Å². The van der Waals surface area contributed by atoms with Gasteiger partial charge in [0, 0.05) is 25.4 Å². The molecule has 0 spiro atoms.